The van der Waals surface area contributed by atoms with Crippen LogP contribution in [-0.4, -0.2) is 43.7 Å². The van der Waals surface area contributed by atoms with Gasteiger partial charge in [-0.2, -0.15) is 4.31 Å². The second-order valence-electron chi connectivity index (χ2n) is 6.47. The van der Waals surface area contributed by atoms with E-state index in [1.165, 1.54) is 27.0 Å². The van der Waals surface area contributed by atoms with E-state index in [4.69, 9.17) is 11.6 Å². The van der Waals surface area contributed by atoms with Gasteiger partial charge < -0.3 is 4.90 Å². The molecule has 1 aliphatic rings. The molecule has 0 aliphatic carbocycles. The fraction of sp³-hybridized carbons (Fsp3) is 0.471. The molecule has 3 rings (SSSR count). The van der Waals surface area contributed by atoms with E-state index >= 15 is 0 Å². The van der Waals surface area contributed by atoms with E-state index < -0.39 is 10.0 Å². The SMILES string of the molecule is Cc1ccc(S(=O)(=O)N2CCC[C@H](C(=O)N(C)Cc3ccc(Cl)s3)C2)s1. The molecule has 0 bridgehead atoms. The third-order valence-corrected chi connectivity index (χ3v) is 8.99. The lowest BCUT2D eigenvalue weighted by atomic mass is 9.98. The molecule has 0 N–H and O–H groups in total. The Kier molecular flexibility index (Phi) is 6.08. The lowest BCUT2D eigenvalue weighted by Gasteiger charge is -2.32. The zero-order valence-corrected chi connectivity index (χ0v) is 17.8. The van der Waals surface area contributed by atoms with Gasteiger partial charge in [-0.1, -0.05) is 11.6 Å². The van der Waals surface area contributed by atoms with Crippen molar-refractivity contribution in [2.24, 2.45) is 5.92 Å². The Bertz CT molecular complexity index is 891. The molecule has 9 heteroatoms. The Labute approximate surface area is 167 Å². The summed E-state index contributed by atoms with van der Waals surface area (Å²) in [5.41, 5.74) is 0. The predicted molar refractivity (Wildman–Crippen MR) is 106 cm³/mol. The van der Waals surface area contributed by atoms with Crippen molar-refractivity contribution in [3.63, 3.8) is 0 Å². The third-order valence-electron chi connectivity index (χ3n) is 4.44. The number of hydrogen-bond donors (Lipinski definition) is 0. The quantitative estimate of drug-likeness (QED) is 0.721. The average Bonchev–Trinajstić information content (AvgIpc) is 3.23. The summed E-state index contributed by atoms with van der Waals surface area (Å²) in [5.74, 6) is -0.322. The van der Waals surface area contributed by atoms with Crippen molar-refractivity contribution >= 4 is 50.2 Å². The molecule has 5 nitrogen and oxygen atoms in total. The number of carbonyl (C=O) groups excluding carboxylic acids is 1. The van der Waals surface area contributed by atoms with Gasteiger partial charge >= 0.3 is 0 Å². The first-order valence-corrected chi connectivity index (χ1v) is 11.8. The highest BCUT2D eigenvalue weighted by Gasteiger charge is 2.35. The summed E-state index contributed by atoms with van der Waals surface area (Å²) in [7, 11) is -1.77. The highest BCUT2D eigenvalue weighted by Crippen LogP contribution is 2.29. The van der Waals surface area contributed by atoms with E-state index in [-0.39, 0.29) is 18.4 Å². The Morgan fingerprint density at radius 3 is 2.69 bits per heavy atom. The van der Waals surface area contributed by atoms with Gasteiger partial charge in [0.1, 0.15) is 4.21 Å². The minimum absolute atomic E-state index is 0.0169. The van der Waals surface area contributed by atoms with Crippen LogP contribution in [0.3, 0.4) is 0 Å². The Balaban J connectivity index is 1.68. The van der Waals surface area contributed by atoms with Gasteiger partial charge in [0, 0.05) is 29.9 Å². The maximum absolute atomic E-state index is 12.8. The number of carbonyl (C=O) groups is 1. The van der Waals surface area contributed by atoms with Crippen LogP contribution in [0.15, 0.2) is 28.5 Å². The Morgan fingerprint density at radius 1 is 1.31 bits per heavy atom. The molecule has 0 aromatic carbocycles. The monoisotopic (exact) mass is 432 g/mol. The van der Waals surface area contributed by atoms with Gasteiger partial charge in [-0.3, -0.25) is 4.79 Å². The van der Waals surface area contributed by atoms with Gasteiger partial charge in [0.15, 0.2) is 0 Å². The first kappa shape index (κ1) is 19.8. The van der Waals surface area contributed by atoms with Crippen molar-refractivity contribution in [2.45, 2.75) is 30.5 Å². The van der Waals surface area contributed by atoms with Gasteiger partial charge in [-0.15, -0.1) is 22.7 Å². The summed E-state index contributed by atoms with van der Waals surface area (Å²) in [4.78, 5) is 16.4. The summed E-state index contributed by atoms with van der Waals surface area (Å²) in [6.45, 7) is 3.09. The Morgan fingerprint density at radius 2 is 2.08 bits per heavy atom. The van der Waals surface area contributed by atoms with E-state index in [9.17, 15) is 13.2 Å². The molecule has 1 aliphatic heterocycles. The van der Waals surface area contributed by atoms with Crippen LogP contribution in [-0.2, 0) is 21.4 Å². The van der Waals surface area contributed by atoms with Crippen molar-refractivity contribution in [3.8, 4) is 0 Å². The van der Waals surface area contributed by atoms with Crippen molar-refractivity contribution in [3.05, 3.63) is 38.4 Å². The van der Waals surface area contributed by atoms with Crippen LogP contribution in [0.1, 0.15) is 22.6 Å². The topological polar surface area (TPSA) is 57.7 Å². The molecule has 0 spiro atoms. The zero-order valence-electron chi connectivity index (χ0n) is 14.6. The molecule has 0 unspecified atom stereocenters. The first-order valence-electron chi connectivity index (χ1n) is 8.33. The van der Waals surface area contributed by atoms with Crippen LogP contribution in [0.2, 0.25) is 4.34 Å². The summed E-state index contributed by atoms with van der Waals surface area (Å²) >= 11 is 8.67. The second kappa shape index (κ2) is 7.98. The van der Waals surface area contributed by atoms with Gasteiger partial charge in [0.05, 0.1) is 16.8 Å². The van der Waals surface area contributed by atoms with Gasteiger partial charge in [0.25, 0.3) is 10.0 Å². The minimum atomic E-state index is -3.52. The number of rotatable bonds is 5. The maximum Gasteiger partial charge on any atom is 0.252 e. The molecular formula is C17H21ClN2O3S3. The number of hydrogen-bond acceptors (Lipinski definition) is 5. The molecular weight excluding hydrogens is 412 g/mol. The molecule has 26 heavy (non-hydrogen) atoms. The number of sulfonamides is 1. The molecule has 2 aromatic rings. The van der Waals surface area contributed by atoms with Gasteiger partial charge in [-0.05, 0) is 44.0 Å². The third kappa shape index (κ3) is 4.31. The van der Waals surface area contributed by atoms with Crippen molar-refractivity contribution in [2.75, 3.05) is 20.1 Å². The number of piperidine rings is 1. The van der Waals surface area contributed by atoms with E-state index in [2.05, 4.69) is 0 Å². The predicted octanol–water partition coefficient (Wildman–Crippen LogP) is 3.83. The largest absolute Gasteiger partial charge is 0.340 e. The fourth-order valence-corrected chi connectivity index (χ4v) is 7.20. The molecule has 1 amide bonds. The molecule has 0 radical (unpaired) electrons. The molecule has 1 atom stereocenters. The smallest absolute Gasteiger partial charge is 0.252 e. The van der Waals surface area contributed by atoms with E-state index in [0.717, 1.165) is 9.75 Å². The molecule has 1 fully saturated rings. The summed E-state index contributed by atoms with van der Waals surface area (Å²) in [6.07, 6.45) is 1.41. The molecule has 142 valence electrons. The number of halogens is 1. The van der Waals surface area contributed by atoms with Crippen molar-refractivity contribution in [1.29, 1.82) is 0 Å². The highest BCUT2D eigenvalue weighted by atomic mass is 35.5. The van der Waals surface area contributed by atoms with Crippen LogP contribution in [0.4, 0.5) is 0 Å². The van der Waals surface area contributed by atoms with Crippen molar-refractivity contribution < 1.29 is 13.2 Å². The maximum atomic E-state index is 12.8. The minimum Gasteiger partial charge on any atom is -0.340 e. The standard InChI is InChI=1S/C17H21ClN2O3S3/c1-12-5-8-16(24-12)26(22,23)20-9-3-4-13(10-20)17(21)19(2)11-14-6-7-15(18)25-14/h5-8,13H,3-4,9-11H2,1-2H3/t13-/m0/s1. The van der Waals surface area contributed by atoms with Crippen LogP contribution in [0, 0.1) is 12.8 Å². The van der Waals surface area contributed by atoms with Gasteiger partial charge in [0.2, 0.25) is 5.91 Å². The number of nitrogens with zero attached hydrogens (tertiary/aromatic N) is 2. The molecule has 1 saturated heterocycles. The zero-order chi connectivity index (χ0) is 18.9. The highest BCUT2D eigenvalue weighted by molar-refractivity contribution is 7.91. The van der Waals surface area contributed by atoms with Crippen LogP contribution < -0.4 is 0 Å². The number of amides is 1. The molecule has 3 heterocycles. The van der Waals surface area contributed by atoms with Crippen LogP contribution >= 0.6 is 34.3 Å². The first-order chi connectivity index (χ1) is 12.3. The molecule has 2 aromatic heterocycles. The lowest BCUT2D eigenvalue weighted by molar-refractivity contribution is -0.135. The van der Waals surface area contributed by atoms with E-state index in [0.29, 0.717) is 34.5 Å². The average molecular weight is 433 g/mol. The summed E-state index contributed by atoms with van der Waals surface area (Å²) in [5, 5.41) is 0. The summed E-state index contributed by atoms with van der Waals surface area (Å²) in [6, 6.07) is 7.18. The van der Waals surface area contributed by atoms with E-state index in [1.54, 1.807) is 18.0 Å². The summed E-state index contributed by atoms with van der Waals surface area (Å²) < 4.78 is 28.2. The lowest BCUT2D eigenvalue weighted by Crippen LogP contribution is -2.45. The van der Waals surface area contributed by atoms with Crippen LogP contribution in [0.25, 0.3) is 0 Å². The Hall–Kier alpha value is -0.930. The molecule has 0 saturated carbocycles. The van der Waals surface area contributed by atoms with E-state index in [1.807, 2.05) is 25.1 Å². The fourth-order valence-electron chi connectivity index (χ4n) is 3.10. The number of aryl methyl sites for hydroxylation is 1. The van der Waals surface area contributed by atoms with Crippen molar-refractivity contribution in [1.82, 2.24) is 9.21 Å². The van der Waals surface area contributed by atoms with Crippen LogP contribution in [0.5, 0.6) is 0 Å². The second-order valence-corrected chi connectivity index (χ2v) is 11.7. The van der Waals surface area contributed by atoms with Gasteiger partial charge in [-0.25, -0.2) is 8.42 Å². The number of thiophene rings is 2. The normalized spacial score (nSPS) is 18.8.